The van der Waals surface area contributed by atoms with E-state index in [4.69, 9.17) is 4.74 Å². The molecule has 158 valence electrons. The SMILES string of the molecule is COCc1cc2nn(CC(=O)Nc3cc(C)ccc3C)c(=O)n2c(-c2ccccc2)n1. The Balaban J connectivity index is 1.72. The minimum Gasteiger partial charge on any atom is -0.378 e. The summed E-state index contributed by atoms with van der Waals surface area (Å²) < 4.78 is 7.78. The molecule has 0 bridgehead atoms. The maximum Gasteiger partial charge on any atom is 0.352 e. The van der Waals surface area contributed by atoms with Crippen LogP contribution in [-0.2, 0) is 22.7 Å². The number of aryl methyl sites for hydroxylation is 2. The predicted molar refractivity (Wildman–Crippen MR) is 118 cm³/mol. The number of nitrogens with zero attached hydrogens (tertiary/aromatic N) is 4. The lowest BCUT2D eigenvalue weighted by Gasteiger charge is -2.09. The highest BCUT2D eigenvalue weighted by Gasteiger charge is 2.17. The van der Waals surface area contributed by atoms with Crippen LogP contribution in [-0.4, -0.2) is 32.2 Å². The van der Waals surface area contributed by atoms with Gasteiger partial charge in [-0.2, -0.15) is 0 Å². The Morgan fingerprint density at radius 1 is 1.10 bits per heavy atom. The second-order valence-electron chi connectivity index (χ2n) is 7.37. The Bertz CT molecular complexity index is 1310. The largest absolute Gasteiger partial charge is 0.378 e. The molecule has 0 atom stereocenters. The number of carbonyl (C=O) groups excluding carboxylic acids is 1. The van der Waals surface area contributed by atoms with Gasteiger partial charge in [-0.3, -0.25) is 4.79 Å². The summed E-state index contributed by atoms with van der Waals surface area (Å²) in [4.78, 5) is 30.3. The number of nitrogens with one attached hydrogen (secondary N) is 1. The van der Waals surface area contributed by atoms with Crippen molar-refractivity contribution in [1.82, 2.24) is 19.2 Å². The van der Waals surface area contributed by atoms with Gasteiger partial charge in [0.25, 0.3) is 0 Å². The zero-order valence-electron chi connectivity index (χ0n) is 17.6. The van der Waals surface area contributed by atoms with E-state index in [2.05, 4.69) is 15.4 Å². The highest BCUT2D eigenvalue weighted by molar-refractivity contribution is 5.91. The number of hydrogen-bond acceptors (Lipinski definition) is 5. The molecule has 0 aliphatic heterocycles. The number of rotatable bonds is 6. The van der Waals surface area contributed by atoms with Crippen LogP contribution in [0.1, 0.15) is 16.8 Å². The summed E-state index contributed by atoms with van der Waals surface area (Å²) in [6.07, 6.45) is 0. The van der Waals surface area contributed by atoms with E-state index in [0.717, 1.165) is 27.1 Å². The second kappa shape index (κ2) is 8.53. The second-order valence-corrected chi connectivity index (χ2v) is 7.37. The number of hydrogen-bond donors (Lipinski definition) is 1. The normalized spacial score (nSPS) is 11.1. The minimum atomic E-state index is -0.429. The Morgan fingerprint density at radius 3 is 2.61 bits per heavy atom. The van der Waals surface area contributed by atoms with E-state index in [0.29, 0.717) is 17.2 Å². The monoisotopic (exact) mass is 417 g/mol. The zero-order chi connectivity index (χ0) is 22.0. The summed E-state index contributed by atoms with van der Waals surface area (Å²) in [5.74, 6) is 0.127. The Morgan fingerprint density at radius 2 is 1.87 bits per heavy atom. The van der Waals surface area contributed by atoms with Gasteiger partial charge in [0, 0.05) is 24.4 Å². The van der Waals surface area contributed by atoms with Crippen molar-refractivity contribution >= 4 is 17.2 Å². The fourth-order valence-electron chi connectivity index (χ4n) is 3.39. The number of fused-ring (bicyclic) bond motifs is 1. The molecule has 0 aliphatic carbocycles. The van der Waals surface area contributed by atoms with Crippen molar-refractivity contribution in [2.24, 2.45) is 0 Å². The first-order valence-corrected chi connectivity index (χ1v) is 9.87. The van der Waals surface area contributed by atoms with Crippen LogP contribution in [0.2, 0.25) is 0 Å². The lowest BCUT2D eigenvalue weighted by Crippen LogP contribution is -2.29. The van der Waals surface area contributed by atoms with Crippen LogP contribution in [0.4, 0.5) is 5.69 Å². The van der Waals surface area contributed by atoms with Crippen molar-refractivity contribution in [3.8, 4) is 11.4 Å². The van der Waals surface area contributed by atoms with Crippen LogP contribution < -0.4 is 11.0 Å². The molecule has 0 fully saturated rings. The highest BCUT2D eigenvalue weighted by atomic mass is 16.5. The van der Waals surface area contributed by atoms with Crippen LogP contribution in [0, 0.1) is 13.8 Å². The van der Waals surface area contributed by atoms with Gasteiger partial charge in [0.2, 0.25) is 5.91 Å². The van der Waals surface area contributed by atoms with E-state index in [1.807, 2.05) is 62.4 Å². The van der Waals surface area contributed by atoms with Gasteiger partial charge in [-0.1, -0.05) is 42.5 Å². The van der Waals surface area contributed by atoms with Gasteiger partial charge in [-0.15, -0.1) is 5.10 Å². The van der Waals surface area contributed by atoms with Gasteiger partial charge >= 0.3 is 5.69 Å². The van der Waals surface area contributed by atoms with Crippen LogP contribution >= 0.6 is 0 Å². The number of carbonyl (C=O) groups is 1. The zero-order valence-corrected chi connectivity index (χ0v) is 17.6. The molecule has 8 nitrogen and oxygen atoms in total. The van der Waals surface area contributed by atoms with Crippen molar-refractivity contribution in [2.45, 2.75) is 27.0 Å². The van der Waals surface area contributed by atoms with Gasteiger partial charge in [-0.25, -0.2) is 18.9 Å². The van der Waals surface area contributed by atoms with Crippen molar-refractivity contribution in [3.63, 3.8) is 0 Å². The first kappa shape index (κ1) is 20.5. The summed E-state index contributed by atoms with van der Waals surface area (Å²) in [7, 11) is 1.58. The van der Waals surface area contributed by atoms with E-state index >= 15 is 0 Å². The van der Waals surface area contributed by atoms with Gasteiger partial charge in [0.1, 0.15) is 12.4 Å². The van der Waals surface area contributed by atoms with Crippen LogP contribution in [0.25, 0.3) is 17.0 Å². The molecule has 0 saturated carbocycles. The lowest BCUT2D eigenvalue weighted by molar-refractivity contribution is -0.117. The molecule has 8 heteroatoms. The molecular weight excluding hydrogens is 394 g/mol. The number of benzene rings is 2. The molecule has 4 aromatic rings. The van der Waals surface area contributed by atoms with Crippen molar-refractivity contribution in [1.29, 1.82) is 0 Å². The Hall–Kier alpha value is -3.78. The van der Waals surface area contributed by atoms with Crippen molar-refractivity contribution in [2.75, 3.05) is 12.4 Å². The molecule has 2 aromatic carbocycles. The molecule has 0 radical (unpaired) electrons. The summed E-state index contributed by atoms with van der Waals surface area (Å²) in [6.45, 7) is 3.95. The van der Waals surface area contributed by atoms with Crippen molar-refractivity contribution in [3.05, 3.63) is 81.9 Å². The number of amides is 1. The Labute approximate surface area is 179 Å². The molecule has 2 heterocycles. The van der Waals surface area contributed by atoms with Crippen LogP contribution in [0.5, 0.6) is 0 Å². The molecule has 1 N–H and O–H groups in total. The van der Waals surface area contributed by atoms with Gasteiger partial charge < -0.3 is 10.1 Å². The smallest absolute Gasteiger partial charge is 0.352 e. The first-order chi connectivity index (χ1) is 15.0. The van der Waals surface area contributed by atoms with Gasteiger partial charge in [-0.05, 0) is 31.0 Å². The van der Waals surface area contributed by atoms with E-state index in [-0.39, 0.29) is 19.1 Å². The molecule has 31 heavy (non-hydrogen) atoms. The maximum absolute atomic E-state index is 13.1. The third-order valence-corrected chi connectivity index (χ3v) is 4.91. The summed E-state index contributed by atoms with van der Waals surface area (Å²) >= 11 is 0. The minimum absolute atomic E-state index is 0.207. The molecule has 2 aromatic heterocycles. The average molecular weight is 417 g/mol. The molecule has 0 saturated heterocycles. The average Bonchev–Trinajstić information content (AvgIpc) is 3.06. The molecule has 4 rings (SSSR count). The molecule has 1 amide bonds. The lowest BCUT2D eigenvalue weighted by atomic mass is 10.1. The third-order valence-electron chi connectivity index (χ3n) is 4.91. The van der Waals surface area contributed by atoms with E-state index in [1.165, 1.54) is 4.40 Å². The fraction of sp³-hybridized carbons (Fsp3) is 0.217. The summed E-state index contributed by atoms with van der Waals surface area (Å²) in [5.41, 5.74) is 4.09. The fourth-order valence-corrected chi connectivity index (χ4v) is 3.39. The number of methoxy groups -OCH3 is 1. The molecule has 0 aliphatic rings. The Kier molecular flexibility index (Phi) is 5.64. The molecular formula is C23H23N5O3. The van der Waals surface area contributed by atoms with E-state index in [1.54, 1.807) is 13.2 Å². The van der Waals surface area contributed by atoms with E-state index < -0.39 is 5.69 Å². The topological polar surface area (TPSA) is 90.5 Å². The number of aromatic nitrogens is 4. The van der Waals surface area contributed by atoms with Gasteiger partial charge in [0.15, 0.2) is 5.65 Å². The van der Waals surface area contributed by atoms with Gasteiger partial charge in [0.05, 0.1) is 12.3 Å². The maximum atomic E-state index is 13.1. The molecule has 0 spiro atoms. The van der Waals surface area contributed by atoms with Crippen LogP contribution in [0.15, 0.2) is 59.4 Å². The third kappa shape index (κ3) is 4.24. The number of ether oxygens (including phenoxy) is 1. The van der Waals surface area contributed by atoms with E-state index in [9.17, 15) is 9.59 Å². The van der Waals surface area contributed by atoms with Crippen molar-refractivity contribution < 1.29 is 9.53 Å². The summed E-state index contributed by atoms with van der Waals surface area (Å²) in [6, 6.07) is 16.9. The molecule has 0 unspecified atom stereocenters. The quantitative estimate of drug-likeness (QED) is 0.521. The highest BCUT2D eigenvalue weighted by Crippen LogP contribution is 2.19. The first-order valence-electron chi connectivity index (χ1n) is 9.87. The van der Waals surface area contributed by atoms with Crippen LogP contribution in [0.3, 0.4) is 0 Å². The standard InChI is InChI=1S/C23H23N5O3/c1-15-9-10-16(2)19(11-15)25-21(29)13-27-23(30)28-20(26-27)12-18(14-31-3)24-22(28)17-7-5-4-6-8-17/h4-12H,13-14H2,1-3H3,(H,25,29). The number of anilines is 1. The predicted octanol–water partition coefficient (Wildman–Crippen LogP) is 2.96. The summed E-state index contributed by atoms with van der Waals surface area (Å²) in [5, 5.41) is 7.24.